The van der Waals surface area contributed by atoms with Gasteiger partial charge in [-0.3, -0.25) is 0 Å². The zero-order chi connectivity index (χ0) is 15.8. The van der Waals surface area contributed by atoms with Crippen molar-refractivity contribution >= 4 is 54.6 Å². The first-order chi connectivity index (χ1) is 9.71. The Morgan fingerprint density at radius 3 is 2.57 bits per heavy atom. The monoisotopic (exact) mass is 409 g/mol. The highest BCUT2D eigenvalue weighted by atomic mass is 79.9. The van der Waals surface area contributed by atoms with Crippen LogP contribution in [0.15, 0.2) is 26.2 Å². The van der Waals surface area contributed by atoms with Gasteiger partial charge >= 0.3 is 5.97 Å². The van der Waals surface area contributed by atoms with E-state index >= 15 is 0 Å². The Hall–Kier alpha value is -0.740. The Bertz CT molecular complexity index is 778. The van der Waals surface area contributed by atoms with Crippen molar-refractivity contribution in [2.75, 3.05) is 7.05 Å². The third-order valence-electron chi connectivity index (χ3n) is 2.80. The molecule has 2 aromatic rings. The van der Waals surface area contributed by atoms with Crippen LogP contribution in [-0.2, 0) is 16.6 Å². The van der Waals surface area contributed by atoms with Crippen LogP contribution in [0.5, 0.6) is 0 Å². The summed E-state index contributed by atoms with van der Waals surface area (Å²) < 4.78 is 27.2. The topological polar surface area (TPSA) is 74.7 Å². The Morgan fingerprint density at radius 1 is 1.43 bits per heavy atom. The van der Waals surface area contributed by atoms with Gasteiger partial charge < -0.3 is 5.11 Å². The fourth-order valence-corrected chi connectivity index (χ4v) is 5.52. The van der Waals surface area contributed by atoms with Gasteiger partial charge in [0.2, 0.25) is 10.0 Å². The van der Waals surface area contributed by atoms with Gasteiger partial charge in [-0.15, -0.1) is 22.7 Å². The maximum Gasteiger partial charge on any atom is 0.345 e. The first kappa shape index (κ1) is 16.6. The Kier molecular flexibility index (Phi) is 4.89. The van der Waals surface area contributed by atoms with E-state index in [1.54, 1.807) is 6.92 Å². The molecule has 114 valence electrons. The van der Waals surface area contributed by atoms with E-state index in [4.69, 9.17) is 5.11 Å². The average Bonchev–Trinajstić information content (AvgIpc) is 2.96. The number of thiophene rings is 2. The molecule has 0 atom stereocenters. The van der Waals surface area contributed by atoms with Crippen molar-refractivity contribution in [3.8, 4) is 0 Å². The zero-order valence-electron chi connectivity index (χ0n) is 11.2. The smallest absolute Gasteiger partial charge is 0.345 e. The fraction of sp³-hybridized carbons (Fsp3) is 0.250. The molecule has 0 bridgehead atoms. The van der Waals surface area contributed by atoms with Crippen molar-refractivity contribution in [1.29, 1.82) is 0 Å². The molecule has 0 saturated heterocycles. The summed E-state index contributed by atoms with van der Waals surface area (Å²) in [6, 6.07) is 3.08. The van der Waals surface area contributed by atoms with Crippen LogP contribution in [0.3, 0.4) is 0 Å². The predicted octanol–water partition coefficient (Wildman–Crippen LogP) is 3.40. The lowest BCUT2D eigenvalue weighted by Crippen LogP contribution is -2.26. The van der Waals surface area contributed by atoms with Gasteiger partial charge in [-0.25, -0.2) is 13.2 Å². The van der Waals surface area contributed by atoms with E-state index in [-0.39, 0.29) is 16.3 Å². The molecule has 0 unspecified atom stereocenters. The summed E-state index contributed by atoms with van der Waals surface area (Å²) in [4.78, 5) is 11.5. The van der Waals surface area contributed by atoms with Crippen LogP contribution in [0.2, 0.25) is 0 Å². The molecule has 0 fully saturated rings. The maximum absolute atomic E-state index is 12.5. The number of carboxylic acid groups (broad SMARTS) is 1. The number of hydrogen-bond donors (Lipinski definition) is 1. The summed E-state index contributed by atoms with van der Waals surface area (Å²) in [5, 5.41) is 10.8. The molecule has 5 nitrogen and oxygen atoms in total. The Balaban J connectivity index is 2.30. The summed E-state index contributed by atoms with van der Waals surface area (Å²) in [6.45, 7) is 1.85. The summed E-state index contributed by atoms with van der Waals surface area (Å²) in [6.07, 6.45) is 0. The van der Waals surface area contributed by atoms with Crippen molar-refractivity contribution < 1.29 is 18.3 Å². The fourth-order valence-electron chi connectivity index (χ4n) is 1.77. The second-order valence-electron chi connectivity index (χ2n) is 4.36. The largest absolute Gasteiger partial charge is 0.477 e. The predicted molar refractivity (Wildman–Crippen MR) is 86.7 cm³/mol. The van der Waals surface area contributed by atoms with Crippen molar-refractivity contribution in [1.82, 2.24) is 4.31 Å². The molecule has 2 heterocycles. The van der Waals surface area contributed by atoms with E-state index in [1.165, 1.54) is 28.8 Å². The van der Waals surface area contributed by atoms with E-state index in [0.29, 0.717) is 4.88 Å². The van der Waals surface area contributed by atoms with Gasteiger partial charge in [-0.1, -0.05) is 0 Å². The van der Waals surface area contributed by atoms with Crippen LogP contribution in [0.25, 0.3) is 0 Å². The van der Waals surface area contributed by atoms with Crippen LogP contribution in [-0.4, -0.2) is 30.8 Å². The minimum Gasteiger partial charge on any atom is -0.477 e. The number of aryl methyl sites for hydroxylation is 1. The van der Waals surface area contributed by atoms with Crippen LogP contribution in [0, 0.1) is 6.92 Å². The molecular weight excluding hydrogens is 398 g/mol. The highest BCUT2D eigenvalue weighted by Gasteiger charge is 2.26. The second-order valence-corrected chi connectivity index (χ2v) is 9.92. The molecule has 0 aliphatic heterocycles. The number of hydrogen-bond acceptors (Lipinski definition) is 5. The van der Waals surface area contributed by atoms with Crippen LogP contribution in [0.1, 0.15) is 20.1 Å². The van der Waals surface area contributed by atoms with Gasteiger partial charge in [0, 0.05) is 18.5 Å². The first-order valence-electron chi connectivity index (χ1n) is 5.75. The minimum atomic E-state index is -3.70. The van der Waals surface area contributed by atoms with Crippen molar-refractivity contribution in [2.24, 2.45) is 0 Å². The number of nitrogens with zero attached hydrogens (tertiary/aromatic N) is 1. The zero-order valence-corrected chi connectivity index (χ0v) is 15.2. The molecule has 1 N–H and O–H groups in total. The SMILES string of the molecule is Cc1sc(C(=O)O)cc1S(=O)(=O)N(C)Cc1csc(Br)c1. The quantitative estimate of drug-likeness (QED) is 0.820. The van der Waals surface area contributed by atoms with Crippen LogP contribution in [0.4, 0.5) is 0 Å². The number of halogens is 1. The summed E-state index contributed by atoms with van der Waals surface area (Å²) in [5.41, 5.74) is 0.879. The lowest BCUT2D eigenvalue weighted by molar-refractivity contribution is 0.0702. The van der Waals surface area contributed by atoms with Crippen LogP contribution >= 0.6 is 38.6 Å². The molecule has 0 aromatic carbocycles. The molecule has 0 saturated carbocycles. The first-order valence-corrected chi connectivity index (χ1v) is 9.67. The van der Waals surface area contributed by atoms with E-state index in [2.05, 4.69) is 15.9 Å². The molecule has 2 aromatic heterocycles. The van der Waals surface area contributed by atoms with Gasteiger partial charge in [0.1, 0.15) is 4.88 Å². The van der Waals surface area contributed by atoms with E-state index in [9.17, 15) is 13.2 Å². The lowest BCUT2D eigenvalue weighted by Gasteiger charge is -2.16. The number of carboxylic acids is 1. The average molecular weight is 410 g/mol. The normalized spacial score (nSPS) is 12.0. The van der Waals surface area contributed by atoms with Gasteiger partial charge in [-0.2, -0.15) is 4.31 Å². The molecular formula is C12H12BrNO4S3. The Morgan fingerprint density at radius 2 is 2.10 bits per heavy atom. The van der Waals surface area contributed by atoms with E-state index in [1.807, 2.05) is 11.4 Å². The number of rotatable bonds is 5. The van der Waals surface area contributed by atoms with Crippen LogP contribution < -0.4 is 0 Å². The lowest BCUT2D eigenvalue weighted by atomic mass is 10.3. The number of sulfonamides is 1. The van der Waals surface area contributed by atoms with Gasteiger partial charge in [0.05, 0.1) is 8.68 Å². The van der Waals surface area contributed by atoms with E-state index < -0.39 is 16.0 Å². The standard InChI is InChI=1S/C12H12BrNO4S3/c1-7-10(4-9(20-7)12(15)16)21(17,18)14(2)5-8-3-11(13)19-6-8/h3-4,6H,5H2,1-2H3,(H,15,16). The molecule has 0 aliphatic carbocycles. The third kappa shape index (κ3) is 3.54. The van der Waals surface area contributed by atoms with Gasteiger partial charge in [-0.05, 0) is 45.9 Å². The van der Waals surface area contributed by atoms with Crippen molar-refractivity contribution in [3.05, 3.63) is 36.6 Å². The van der Waals surface area contributed by atoms with Gasteiger partial charge in [0.25, 0.3) is 0 Å². The summed E-state index contributed by atoms with van der Waals surface area (Å²) >= 11 is 5.79. The molecule has 21 heavy (non-hydrogen) atoms. The Labute approximate surface area is 139 Å². The highest BCUT2D eigenvalue weighted by molar-refractivity contribution is 9.11. The van der Waals surface area contributed by atoms with Crippen molar-refractivity contribution in [2.45, 2.75) is 18.4 Å². The third-order valence-corrected chi connectivity index (χ3v) is 7.45. The summed E-state index contributed by atoms with van der Waals surface area (Å²) in [5.74, 6) is -1.12. The minimum absolute atomic E-state index is 0.0257. The molecule has 2 rings (SSSR count). The maximum atomic E-state index is 12.5. The van der Waals surface area contributed by atoms with Crippen molar-refractivity contribution in [3.63, 3.8) is 0 Å². The van der Waals surface area contributed by atoms with E-state index in [0.717, 1.165) is 20.7 Å². The molecule has 0 spiro atoms. The molecule has 0 amide bonds. The molecule has 0 aliphatic rings. The molecule has 9 heteroatoms. The summed E-state index contributed by atoms with van der Waals surface area (Å²) in [7, 11) is -2.22. The second kappa shape index (κ2) is 6.17. The molecule has 0 radical (unpaired) electrons. The van der Waals surface area contributed by atoms with Gasteiger partial charge in [0.15, 0.2) is 0 Å². The number of carbonyl (C=O) groups is 1. The number of aromatic carboxylic acids is 1. The highest BCUT2D eigenvalue weighted by Crippen LogP contribution is 2.29.